The number of fused-ring (bicyclic) bond motifs is 1. The minimum Gasteiger partial charge on any atom is -0.481 e. The number of carboxylic acid groups (broad SMARTS) is 1. The number of hydrogen-bond donors (Lipinski definition) is 1. The van der Waals surface area contributed by atoms with Crippen LogP contribution in [0.4, 0.5) is 0 Å². The first-order chi connectivity index (χ1) is 8.06. The summed E-state index contributed by atoms with van der Waals surface area (Å²) in [6.07, 6.45) is 0.153. The lowest BCUT2D eigenvalue weighted by molar-refractivity contribution is -0.136. The second-order valence-electron chi connectivity index (χ2n) is 3.54. The molecule has 6 heteroatoms. The maximum absolute atomic E-state index is 10.4. The number of aryl methyl sites for hydroxylation is 1. The Labute approximate surface area is 112 Å². The summed E-state index contributed by atoms with van der Waals surface area (Å²) >= 11 is 9.00. The number of nitrogens with zero attached hydrogens (tertiary/aromatic N) is 1. The van der Waals surface area contributed by atoms with Crippen molar-refractivity contribution in [2.24, 2.45) is 0 Å². The van der Waals surface area contributed by atoms with Gasteiger partial charge < -0.3 is 5.11 Å². The lowest BCUT2D eigenvalue weighted by Gasteiger charge is -1.94. The van der Waals surface area contributed by atoms with Gasteiger partial charge in [0.1, 0.15) is 0 Å². The molecule has 2 rings (SSSR count). The molecule has 0 radical (unpaired) electrons. The van der Waals surface area contributed by atoms with Gasteiger partial charge in [-0.25, -0.2) is 4.98 Å². The molecule has 0 spiro atoms. The van der Waals surface area contributed by atoms with Crippen LogP contribution >= 0.6 is 34.7 Å². The third-order valence-corrected chi connectivity index (χ3v) is 4.54. The average Bonchev–Trinajstić information content (AvgIpc) is 2.60. The highest BCUT2D eigenvalue weighted by molar-refractivity contribution is 8.01. The first-order valence-electron chi connectivity index (χ1n) is 4.97. The standard InChI is InChI=1S/C11H10ClNO2S2/c1-6-4-7(12)5-8-10(6)13-11(17-8)16-3-2-9(14)15/h4-5H,2-3H2,1H3,(H,14,15). The minimum absolute atomic E-state index is 0.153. The van der Waals surface area contributed by atoms with Crippen LogP contribution in [0.15, 0.2) is 16.5 Å². The number of hydrogen-bond acceptors (Lipinski definition) is 4. The van der Waals surface area contributed by atoms with E-state index in [1.54, 1.807) is 11.3 Å². The van der Waals surface area contributed by atoms with E-state index in [0.717, 1.165) is 20.1 Å². The van der Waals surface area contributed by atoms with E-state index in [4.69, 9.17) is 16.7 Å². The van der Waals surface area contributed by atoms with Crippen LogP contribution in [0.5, 0.6) is 0 Å². The Hall–Kier alpha value is -0.780. The van der Waals surface area contributed by atoms with Crippen LogP contribution in [-0.2, 0) is 4.79 Å². The van der Waals surface area contributed by atoms with Crippen molar-refractivity contribution in [1.29, 1.82) is 0 Å². The largest absolute Gasteiger partial charge is 0.481 e. The normalized spacial score (nSPS) is 10.9. The van der Waals surface area contributed by atoms with Crippen molar-refractivity contribution in [2.75, 3.05) is 5.75 Å². The third kappa shape index (κ3) is 3.12. The smallest absolute Gasteiger partial charge is 0.304 e. The van der Waals surface area contributed by atoms with E-state index < -0.39 is 5.97 Å². The molecule has 17 heavy (non-hydrogen) atoms. The van der Waals surface area contributed by atoms with Gasteiger partial charge in [0.05, 0.1) is 16.6 Å². The number of aliphatic carboxylic acids is 1. The minimum atomic E-state index is -0.780. The second kappa shape index (κ2) is 5.25. The molecule has 0 saturated heterocycles. The molecule has 1 aromatic heterocycles. The molecule has 1 aromatic carbocycles. The topological polar surface area (TPSA) is 50.2 Å². The number of aromatic nitrogens is 1. The fourth-order valence-electron chi connectivity index (χ4n) is 1.42. The zero-order valence-electron chi connectivity index (χ0n) is 9.07. The predicted octanol–water partition coefficient (Wildman–Crippen LogP) is 3.82. The summed E-state index contributed by atoms with van der Waals surface area (Å²) in [6.45, 7) is 1.97. The highest BCUT2D eigenvalue weighted by Gasteiger charge is 2.08. The van der Waals surface area contributed by atoms with E-state index in [1.165, 1.54) is 11.8 Å². The van der Waals surface area contributed by atoms with Gasteiger partial charge in [0.25, 0.3) is 0 Å². The lowest BCUT2D eigenvalue weighted by Crippen LogP contribution is -1.95. The molecule has 0 amide bonds. The van der Waals surface area contributed by atoms with E-state index >= 15 is 0 Å². The van der Waals surface area contributed by atoms with Crippen LogP contribution < -0.4 is 0 Å². The van der Waals surface area contributed by atoms with E-state index in [-0.39, 0.29) is 6.42 Å². The van der Waals surface area contributed by atoms with E-state index in [1.807, 2.05) is 19.1 Å². The number of carboxylic acids is 1. The molecular formula is C11H10ClNO2S2. The van der Waals surface area contributed by atoms with Gasteiger partial charge in [-0.15, -0.1) is 11.3 Å². The third-order valence-electron chi connectivity index (χ3n) is 2.17. The zero-order valence-corrected chi connectivity index (χ0v) is 11.5. The zero-order chi connectivity index (χ0) is 12.4. The highest BCUT2D eigenvalue weighted by atomic mass is 35.5. The van der Waals surface area contributed by atoms with Gasteiger partial charge in [-0.05, 0) is 24.6 Å². The Morgan fingerprint density at radius 1 is 1.59 bits per heavy atom. The van der Waals surface area contributed by atoms with E-state index in [9.17, 15) is 4.79 Å². The average molecular weight is 288 g/mol. The lowest BCUT2D eigenvalue weighted by atomic mass is 10.2. The molecule has 0 atom stereocenters. The number of thiazole rings is 1. The molecule has 0 fully saturated rings. The summed E-state index contributed by atoms with van der Waals surface area (Å²) in [5.74, 6) is -0.236. The monoisotopic (exact) mass is 287 g/mol. The van der Waals surface area contributed by atoms with Gasteiger partial charge >= 0.3 is 5.97 Å². The fourth-order valence-corrected chi connectivity index (χ4v) is 3.94. The number of benzene rings is 1. The molecule has 3 nitrogen and oxygen atoms in total. The van der Waals surface area contributed by atoms with Crippen molar-refractivity contribution < 1.29 is 9.90 Å². The van der Waals surface area contributed by atoms with Crippen molar-refractivity contribution in [2.45, 2.75) is 17.7 Å². The summed E-state index contributed by atoms with van der Waals surface area (Å²) in [5, 5.41) is 9.27. The van der Waals surface area contributed by atoms with Crippen LogP contribution in [0.3, 0.4) is 0 Å². The molecule has 0 aliphatic rings. The van der Waals surface area contributed by atoms with E-state index in [0.29, 0.717) is 10.8 Å². The van der Waals surface area contributed by atoms with Gasteiger partial charge in [-0.2, -0.15) is 0 Å². The summed E-state index contributed by atoms with van der Waals surface area (Å²) in [6, 6.07) is 3.78. The van der Waals surface area contributed by atoms with Crippen LogP contribution in [-0.4, -0.2) is 21.8 Å². The SMILES string of the molecule is Cc1cc(Cl)cc2sc(SCCC(=O)O)nc12. The molecule has 0 unspecified atom stereocenters. The molecule has 1 N–H and O–H groups in total. The first-order valence-corrected chi connectivity index (χ1v) is 7.15. The number of carbonyl (C=O) groups is 1. The maximum Gasteiger partial charge on any atom is 0.304 e. The van der Waals surface area contributed by atoms with Crippen molar-refractivity contribution in [3.8, 4) is 0 Å². The molecular weight excluding hydrogens is 278 g/mol. The Morgan fingerprint density at radius 3 is 3.06 bits per heavy atom. The Balaban J connectivity index is 2.20. The quantitative estimate of drug-likeness (QED) is 0.869. The molecule has 0 aliphatic carbocycles. The highest BCUT2D eigenvalue weighted by Crippen LogP contribution is 2.33. The first kappa shape index (κ1) is 12.7. The molecule has 0 saturated carbocycles. The van der Waals surface area contributed by atoms with Crippen molar-refractivity contribution in [3.63, 3.8) is 0 Å². The van der Waals surface area contributed by atoms with Crippen LogP contribution in [0.2, 0.25) is 5.02 Å². The van der Waals surface area contributed by atoms with Crippen molar-refractivity contribution >= 4 is 50.9 Å². The summed E-state index contributed by atoms with van der Waals surface area (Å²) in [5.41, 5.74) is 2.01. The Bertz CT molecular complexity index is 568. The number of halogens is 1. The van der Waals surface area contributed by atoms with Crippen molar-refractivity contribution in [3.05, 3.63) is 22.7 Å². The molecule has 0 aliphatic heterocycles. The second-order valence-corrected chi connectivity index (χ2v) is 6.35. The summed E-state index contributed by atoms with van der Waals surface area (Å²) in [7, 11) is 0. The fraction of sp³-hybridized carbons (Fsp3) is 0.273. The van der Waals surface area contributed by atoms with Gasteiger partial charge in [0.15, 0.2) is 4.34 Å². The van der Waals surface area contributed by atoms with Crippen LogP contribution in [0.25, 0.3) is 10.2 Å². The summed E-state index contributed by atoms with van der Waals surface area (Å²) < 4.78 is 1.94. The maximum atomic E-state index is 10.4. The molecule has 0 bridgehead atoms. The summed E-state index contributed by atoms with van der Waals surface area (Å²) in [4.78, 5) is 14.9. The number of thioether (sulfide) groups is 1. The van der Waals surface area contributed by atoms with Crippen LogP contribution in [0.1, 0.15) is 12.0 Å². The van der Waals surface area contributed by atoms with Crippen LogP contribution in [0, 0.1) is 6.92 Å². The molecule has 90 valence electrons. The molecule has 1 heterocycles. The molecule has 2 aromatic rings. The van der Waals surface area contributed by atoms with E-state index in [2.05, 4.69) is 4.98 Å². The Morgan fingerprint density at radius 2 is 2.35 bits per heavy atom. The van der Waals surface area contributed by atoms with Gasteiger partial charge in [0.2, 0.25) is 0 Å². The predicted molar refractivity (Wildman–Crippen MR) is 72.3 cm³/mol. The number of rotatable bonds is 4. The van der Waals surface area contributed by atoms with Gasteiger partial charge in [0, 0.05) is 10.8 Å². The van der Waals surface area contributed by atoms with Crippen molar-refractivity contribution in [1.82, 2.24) is 4.98 Å². The Kier molecular flexibility index (Phi) is 3.91. The van der Waals surface area contributed by atoms with Gasteiger partial charge in [-0.1, -0.05) is 23.4 Å². The van der Waals surface area contributed by atoms with Gasteiger partial charge in [-0.3, -0.25) is 4.79 Å².